The quantitative estimate of drug-likeness (QED) is 0.666. The van der Waals surface area contributed by atoms with Gasteiger partial charge in [0, 0.05) is 38.2 Å². The summed E-state index contributed by atoms with van der Waals surface area (Å²) in [6, 6.07) is -0.483. The van der Waals surface area contributed by atoms with Crippen LogP contribution in [-0.2, 0) is 19.0 Å². The SMILES string of the molecule is CC1CC[C@@H]2CC(CC(O)(C3CSC(=O)N3)O2)OC(=O)CCCCOC1. The lowest BCUT2D eigenvalue weighted by Crippen LogP contribution is -2.58. The first-order valence-electron chi connectivity index (χ1n) is 9.55. The molecule has 2 N–H and O–H groups in total. The third-order valence-electron chi connectivity index (χ3n) is 5.24. The van der Waals surface area contributed by atoms with E-state index < -0.39 is 11.8 Å². The van der Waals surface area contributed by atoms with Crippen LogP contribution < -0.4 is 5.32 Å². The van der Waals surface area contributed by atoms with Crippen LogP contribution in [0, 0.1) is 5.92 Å². The second-order valence-corrected chi connectivity index (χ2v) is 8.64. The Bertz CT molecular complexity index is 518. The number of thioether (sulfide) groups is 1. The zero-order valence-electron chi connectivity index (χ0n) is 15.3. The maximum atomic E-state index is 12.1. The Morgan fingerprint density at radius 1 is 1.23 bits per heavy atom. The van der Waals surface area contributed by atoms with E-state index in [0.29, 0.717) is 37.7 Å². The van der Waals surface area contributed by atoms with Gasteiger partial charge in [-0.25, -0.2) is 0 Å². The van der Waals surface area contributed by atoms with Crippen LogP contribution in [0.1, 0.15) is 51.9 Å². The smallest absolute Gasteiger partial charge is 0.306 e. The zero-order chi connectivity index (χ0) is 18.6. The van der Waals surface area contributed by atoms with Crippen LogP contribution in [0.3, 0.4) is 0 Å². The Hall–Kier alpha value is -0.830. The summed E-state index contributed by atoms with van der Waals surface area (Å²) in [6.07, 6.45) is 3.78. The van der Waals surface area contributed by atoms with Crippen LogP contribution in [0.15, 0.2) is 0 Å². The molecule has 3 rings (SSSR count). The number of fused-ring (bicyclic) bond motifs is 2. The predicted octanol–water partition coefficient (Wildman–Crippen LogP) is 2.21. The molecule has 0 aliphatic carbocycles. The molecule has 3 heterocycles. The van der Waals surface area contributed by atoms with E-state index in [-0.39, 0.29) is 29.8 Å². The second kappa shape index (κ2) is 8.91. The normalized spacial score (nSPS) is 40.4. The van der Waals surface area contributed by atoms with Gasteiger partial charge in [0.15, 0.2) is 5.79 Å². The van der Waals surface area contributed by atoms with Gasteiger partial charge in [-0.2, -0.15) is 0 Å². The molecule has 5 atom stereocenters. The van der Waals surface area contributed by atoms with Gasteiger partial charge in [0.05, 0.1) is 12.1 Å². The molecule has 3 fully saturated rings. The maximum absolute atomic E-state index is 12.1. The molecule has 3 aliphatic rings. The summed E-state index contributed by atoms with van der Waals surface area (Å²) in [6.45, 7) is 3.51. The van der Waals surface area contributed by atoms with Crippen LogP contribution >= 0.6 is 11.8 Å². The summed E-state index contributed by atoms with van der Waals surface area (Å²) in [5.74, 6) is -0.885. The van der Waals surface area contributed by atoms with Gasteiger partial charge in [-0.3, -0.25) is 9.59 Å². The summed E-state index contributed by atoms with van der Waals surface area (Å²) >= 11 is 1.14. The number of carbonyl (C=O) groups is 2. The minimum Gasteiger partial charge on any atom is -0.462 e. The molecule has 148 valence electrons. The molecule has 7 nitrogen and oxygen atoms in total. The van der Waals surface area contributed by atoms with E-state index in [0.717, 1.165) is 37.4 Å². The first kappa shape index (κ1) is 19.9. The van der Waals surface area contributed by atoms with E-state index in [4.69, 9.17) is 14.2 Å². The standard InChI is InChI=1S/C18H29NO6S/c1-12-5-6-13-8-14(24-16(20)4-2-3-7-23-10-12)9-18(22,25-13)15-11-26-17(21)19-15/h12-15,22H,2-11H2,1H3,(H,19,21)/t12?,13-,14?,15?,18?/m1/s1. The lowest BCUT2D eigenvalue weighted by molar-refractivity contribution is -0.284. The van der Waals surface area contributed by atoms with E-state index in [9.17, 15) is 14.7 Å². The average molecular weight is 387 g/mol. The van der Waals surface area contributed by atoms with Gasteiger partial charge in [0.2, 0.25) is 0 Å². The third kappa shape index (κ3) is 5.34. The van der Waals surface area contributed by atoms with Crippen molar-refractivity contribution in [1.82, 2.24) is 5.32 Å². The maximum Gasteiger partial charge on any atom is 0.306 e. The monoisotopic (exact) mass is 387 g/mol. The van der Waals surface area contributed by atoms with Crippen molar-refractivity contribution < 1.29 is 28.9 Å². The summed E-state index contributed by atoms with van der Waals surface area (Å²) in [5, 5.41) is 13.7. The molecule has 3 saturated heterocycles. The van der Waals surface area contributed by atoms with Gasteiger partial charge in [-0.15, -0.1) is 0 Å². The predicted molar refractivity (Wildman–Crippen MR) is 96.8 cm³/mol. The van der Waals surface area contributed by atoms with Crippen molar-refractivity contribution in [3.05, 3.63) is 0 Å². The van der Waals surface area contributed by atoms with E-state index in [1.54, 1.807) is 0 Å². The van der Waals surface area contributed by atoms with Gasteiger partial charge < -0.3 is 24.6 Å². The number of hydrogen-bond donors (Lipinski definition) is 2. The highest BCUT2D eigenvalue weighted by atomic mass is 32.2. The third-order valence-corrected chi connectivity index (χ3v) is 6.12. The van der Waals surface area contributed by atoms with Crippen LogP contribution in [0.2, 0.25) is 0 Å². The van der Waals surface area contributed by atoms with Gasteiger partial charge in [0.25, 0.3) is 5.24 Å². The summed E-state index contributed by atoms with van der Waals surface area (Å²) in [4.78, 5) is 23.7. The Morgan fingerprint density at radius 3 is 2.85 bits per heavy atom. The minimum atomic E-state index is -1.50. The van der Waals surface area contributed by atoms with E-state index >= 15 is 0 Å². The topological polar surface area (TPSA) is 94.1 Å². The molecule has 0 spiro atoms. The number of ether oxygens (including phenoxy) is 3. The molecule has 3 aliphatic heterocycles. The van der Waals surface area contributed by atoms with E-state index in [1.807, 2.05) is 0 Å². The molecule has 8 heteroatoms. The van der Waals surface area contributed by atoms with Crippen LogP contribution in [0.25, 0.3) is 0 Å². The summed E-state index contributed by atoms with van der Waals surface area (Å²) < 4.78 is 17.3. The average Bonchev–Trinajstić information content (AvgIpc) is 3.02. The Kier molecular flexibility index (Phi) is 6.82. The lowest BCUT2D eigenvalue weighted by atomic mass is 9.90. The molecule has 0 radical (unpaired) electrons. The molecule has 26 heavy (non-hydrogen) atoms. The number of nitrogens with one attached hydrogen (secondary N) is 1. The zero-order valence-corrected chi connectivity index (χ0v) is 16.1. The van der Waals surface area contributed by atoms with Gasteiger partial charge in [-0.05, 0) is 31.6 Å². The number of esters is 1. The summed E-state index contributed by atoms with van der Waals surface area (Å²) in [7, 11) is 0. The number of amides is 1. The van der Waals surface area contributed by atoms with Gasteiger partial charge >= 0.3 is 5.97 Å². The molecular weight excluding hydrogens is 358 g/mol. The highest BCUT2D eigenvalue weighted by Crippen LogP contribution is 2.37. The Labute approximate surface area is 158 Å². The van der Waals surface area contributed by atoms with Crippen molar-refractivity contribution in [3.8, 4) is 0 Å². The van der Waals surface area contributed by atoms with Crippen LogP contribution in [0.5, 0.6) is 0 Å². The molecule has 2 bridgehead atoms. The fourth-order valence-electron chi connectivity index (χ4n) is 3.76. The number of hydrogen-bond acceptors (Lipinski definition) is 7. The van der Waals surface area contributed by atoms with E-state index in [1.165, 1.54) is 0 Å². The Balaban J connectivity index is 1.70. The molecule has 0 aromatic heterocycles. The highest BCUT2D eigenvalue weighted by Gasteiger charge is 2.49. The molecule has 1 amide bonds. The van der Waals surface area contributed by atoms with Crippen molar-refractivity contribution >= 4 is 23.0 Å². The Morgan fingerprint density at radius 2 is 2.08 bits per heavy atom. The number of aliphatic hydroxyl groups is 1. The molecule has 0 aromatic carbocycles. The van der Waals surface area contributed by atoms with Crippen LogP contribution in [-0.4, -0.2) is 59.3 Å². The number of carbonyl (C=O) groups excluding carboxylic acids is 2. The summed E-state index contributed by atoms with van der Waals surface area (Å²) in [5.41, 5.74) is 0. The van der Waals surface area contributed by atoms with Crippen LogP contribution in [0.4, 0.5) is 4.79 Å². The van der Waals surface area contributed by atoms with Crippen molar-refractivity contribution in [2.75, 3.05) is 19.0 Å². The fraction of sp³-hybridized carbons (Fsp3) is 0.889. The first-order chi connectivity index (χ1) is 12.4. The van der Waals surface area contributed by atoms with Crippen molar-refractivity contribution in [3.63, 3.8) is 0 Å². The van der Waals surface area contributed by atoms with E-state index in [2.05, 4.69) is 12.2 Å². The van der Waals surface area contributed by atoms with Crippen molar-refractivity contribution in [2.24, 2.45) is 5.92 Å². The first-order valence-corrected chi connectivity index (χ1v) is 10.5. The minimum absolute atomic E-state index is 0.157. The highest BCUT2D eigenvalue weighted by molar-refractivity contribution is 8.14. The second-order valence-electron chi connectivity index (χ2n) is 7.65. The van der Waals surface area contributed by atoms with Gasteiger partial charge in [-0.1, -0.05) is 18.7 Å². The van der Waals surface area contributed by atoms with Crippen molar-refractivity contribution in [2.45, 2.75) is 75.9 Å². The molecule has 4 unspecified atom stereocenters. The molecule has 0 aromatic rings. The fourth-order valence-corrected chi connectivity index (χ4v) is 4.65. The lowest BCUT2D eigenvalue weighted by Gasteiger charge is -2.43. The molecular formula is C18H29NO6S. The largest absolute Gasteiger partial charge is 0.462 e. The molecule has 0 saturated carbocycles. The number of rotatable bonds is 1. The van der Waals surface area contributed by atoms with Crippen molar-refractivity contribution in [1.29, 1.82) is 0 Å². The van der Waals surface area contributed by atoms with Gasteiger partial charge in [0.1, 0.15) is 6.10 Å².